The fourth-order valence-electron chi connectivity index (χ4n) is 1.47. The van der Waals surface area contributed by atoms with Crippen molar-refractivity contribution in [1.29, 1.82) is 0 Å². The minimum absolute atomic E-state index is 0.274. The van der Waals surface area contributed by atoms with Crippen LogP contribution in [0.5, 0.6) is 0 Å². The molecular formula is C11H16N4S. The number of aryl methyl sites for hydroxylation is 2. The molecule has 4 nitrogen and oxygen atoms in total. The van der Waals surface area contributed by atoms with Crippen molar-refractivity contribution in [1.82, 2.24) is 19.9 Å². The van der Waals surface area contributed by atoms with Crippen molar-refractivity contribution in [3.05, 3.63) is 34.3 Å². The van der Waals surface area contributed by atoms with Crippen LogP contribution in [0.25, 0.3) is 0 Å². The zero-order valence-corrected chi connectivity index (χ0v) is 10.6. The standard InChI is InChI=1S/C11H16N4S/c1-8-7-16-11(14-8)9(2)13-6-10-12-4-5-15(10)3/h4-5,7,9,13H,6H2,1-3H3. The predicted molar refractivity (Wildman–Crippen MR) is 65.3 cm³/mol. The van der Waals surface area contributed by atoms with Crippen LogP contribution in [0.3, 0.4) is 0 Å². The molecule has 0 saturated heterocycles. The van der Waals surface area contributed by atoms with Gasteiger partial charge in [-0.2, -0.15) is 0 Å². The summed E-state index contributed by atoms with van der Waals surface area (Å²) in [6, 6.07) is 0.274. The normalized spacial score (nSPS) is 12.9. The average Bonchev–Trinajstić information content (AvgIpc) is 2.84. The Morgan fingerprint density at radius 1 is 1.56 bits per heavy atom. The van der Waals surface area contributed by atoms with Gasteiger partial charge in [-0.1, -0.05) is 0 Å². The molecule has 5 heteroatoms. The molecular weight excluding hydrogens is 220 g/mol. The molecule has 2 rings (SSSR count). The van der Waals surface area contributed by atoms with E-state index in [4.69, 9.17) is 0 Å². The van der Waals surface area contributed by atoms with Crippen LogP contribution >= 0.6 is 11.3 Å². The Kier molecular flexibility index (Phi) is 3.36. The number of rotatable bonds is 4. The van der Waals surface area contributed by atoms with E-state index in [1.807, 2.05) is 30.9 Å². The molecule has 0 bridgehead atoms. The Labute approximate surface area is 99.4 Å². The van der Waals surface area contributed by atoms with Crippen molar-refractivity contribution >= 4 is 11.3 Å². The van der Waals surface area contributed by atoms with Crippen molar-refractivity contribution in [3.63, 3.8) is 0 Å². The lowest BCUT2D eigenvalue weighted by atomic mass is 10.3. The average molecular weight is 236 g/mol. The molecule has 1 N–H and O–H groups in total. The van der Waals surface area contributed by atoms with Crippen molar-refractivity contribution in [2.45, 2.75) is 26.4 Å². The molecule has 0 saturated carbocycles. The maximum Gasteiger partial charge on any atom is 0.122 e. The number of aromatic nitrogens is 3. The van der Waals surface area contributed by atoms with E-state index in [1.165, 1.54) is 0 Å². The van der Waals surface area contributed by atoms with Gasteiger partial charge in [0, 0.05) is 30.5 Å². The highest BCUT2D eigenvalue weighted by molar-refractivity contribution is 7.09. The van der Waals surface area contributed by atoms with Gasteiger partial charge in [0.1, 0.15) is 10.8 Å². The molecule has 2 heterocycles. The van der Waals surface area contributed by atoms with E-state index >= 15 is 0 Å². The molecule has 1 unspecified atom stereocenters. The van der Waals surface area contributed by atoms with Crippen molar-refractivity contribution < 1.29 is 0 Å². The van der Waals surface area contributed by atoms with Gasteiger partial charge in [-0.25, -0.2) is 9.97 Å². The first-order valence-electron chi connectivity index (χ1n) is 5.28. The first-order valence-corrected chi connectivity index (χ1v) is 6.16. The quantitative estimate of drug-likeness (QED) is 0.883. The number of hydrogen-bond donors (Lipinski definition) is 1. The van der Waals surface area contributed by atoms with Crippen molar-refractivity contribution in [2.75, 3.05) is 0 Å². The van der Waals surface area contributed by atoms with Gasteiger partial charge in [-0.05, 0) is 13.8 Å². The molecule has 0 radical (unpaired) electrons. The maximum absolute atomic E-state index is 4.46. The number of hydrogen-bond acceptors (Lipinski definition) is 4. The van der Waals surface area contributed by atoms with Crippen LogP contribution < -0.4 is 5.32 Å². The minimum Gasteiger partial charge on any atom is -0.337 e. The van der Waals surface area contributed by atoms with Gasteiger partial charge in [0.15, 0.2) is 0 Å². The lowest BCUT2D eigenvalue weighted by molar-refractivity contribution is 0.546. The number of nitrogens with one attached hydrogen (secondary N) is 1. The highest BCUT2D eigenvalue weighted by Crippen LogP contribution is 2.17. The van der Waals surface area contributed by atoms with Crippen LogP contribution in [-0.2, 0) is 13.6 Å². The summed E-state index contributed by atoms with van der Waals surface area (Å²) < 4.78 is 2.02. The van der Waals surface area contributed by atoms with E-state index in [0.717, 1.165) is 23.1 Å². The van der Waals surface area contributed by atoms with Crippen molar-refractivity contribution in [2.24, 2.45) is 7.05 Å². The van der Waals surface area contributed by atoms with Crippen molar-refractivity contribution in [3.8, 4) is 0 Å². The van der Waals surface area contributed by atoms with E-state index in [9.17, 15) is 0 Å². The van der Waals surface area contributed by atoms with Gasteiger partial charge in [0.2, 0.25) is 0 Å². The minimum atomic E-state index is 0.274. The Morgan fingerprint density at radius 2 is 2.38 bits per heavy atom. The topological polar surface area (TPSA) is 42.7 Å². The smallest absolute Gasteiger partial charge is 0.122 e. The molecule has 86 valence electrons. The van der Waals surface area contributed by atoms with Crippen LogP contribution in [0.4, 0.5) is 0 Å². The molecule has 0 aliphatic carbocycles. The Hall–Kier alpha value is -1.20. The fourth-order valence-corrected chi connectivity index (χ4v) is 2.30. The summed E-state index contributed by atoms with van der Waals surface area (Å²) in [6.07, 6.45) is 3.77. The third-order valence-electron chi connectivity index (χ3n) is 2.49. The van der Waals surface area contributed by atoms with E-state index in [0.29, 0.717) is 0 Å². The molecule has 0 aromatic carbocycles. The first kappa shape index (κ1) is 11.3. The largest absolute Gasteiger partial charge is 0.337 e. The SMILES string of the molecule is Cc1csc(C(C)NCc2nccn2C)n1. The summed E-state index contributed by atoms with van der Waals surface area (Å²) in [5, 5.41) is 6.63. The highest BCUT2D eigenvalue weighted by Gasteiger charge is 2.09. The summed E-state index contributed by atoms with van der Waals surface area (Å²) >= 11 is 1.70. The number of thiazole rings is 1. The second-order valence-electron chi connectivity index (χ2n) is 3.88. The fraction of sp³-hybridized carbons (Fsp3) is 0.455. The van der Waals surface area contributed by atoms with E-state index in [-0.39, 0.29) is 6.04 Å². The third kappa shape index (κ3) is 2.48. The molecule has 1 atom stereocenters. The summed E-state index contributed by atoms with van der Waals surface area (Å²) in [4.78, 5) is 8.73. The van der Waals surface area contributed by atoms with Gasteiger partial charge >= 0.3 is 0 Å². The van der Waals surface area contributed by atoms with Gasteiger partial charge in [0.05, 0.1) is 12.6 Å². The molecule has 0 aliphatic rings. The molecule has 0 amide bonds. The monoisotopic (exact) mass is 236 g/mol. The molecule has 0 spiro atoms. The Bertz CT molecular complexity index is 460. The zero-order chi connectivity index (χ0) is 11.5. The summed E-state index contributed by atoms with van der Waals surface area (Å²) in [5.41, 5.74) is 1.09. The molecule has 0 aliphatic heterocycles. The molecule has 0 fully saturated rings. The lowest BCUT2D eigenvalue weighted by Crippen LogP contribution is -2.20. The van der Waals surface area contributed by atoms with Gasteiger partial charge in [0.25, 0.3) is 0 Å². The Balaban J connectivity index is 1.93. The third-order valence-corrected chi connectivity index (χ3v) is 3.64. The number of imidazole rings is 1. The molecule has 2 aromatic rings. The summed E-state index contributed by atoms with van der Waals surface area (Å²) in [6.45, 7) is 4.91. The van der Waals surface area contributed by atoms with Crippen LogP contribution in [-0.4, -0.2) is 14.5 Å². The van der Waals surface area contributed by atoms with Crippen LogP contribution in [0.2, 0.25) is 0 Å². The van der Waals surface area contributed by atoms with Gasteiger partial charge < -0.3 is 9.88 Å². The molecule has 16 heavy (non-hydrogen) atoms. The van der Waals surface area contributed by atoms with Crippen LogP contribution in [0.1, 0.15) is 29.5 Å². The molecule has 2 aromatic heterocycles. The number of nitrogens with zero attached hydrogens (tertiary/aromatic N) is 3. The van der Waals surface area contributed by atoms with E-state index in [1.54, 1.807) is 11.3 Å². The summed E-state index contributed by atoms with van der Waals surface area (Å²) in [7, 11) is 2.00. The maximum atomic E-state index is 4.46. The Morgan fingerprint density at radius 3 is 2.94 bits per heavy atom. The highest BCUT2D eigenvalue weighted by atomic mass is 32.1. The van der Waals surface area contributed by atoms with Gasteiger partial charge in [-0.3, -0.25) is 0 Å². The van der Waals surface area contributed by atoms with Crippen LogP contribution in [0, 0.1) is 6.92 Å². The van der Waals surface area contributed by atoms with Gasteiger partial charge in [-0.15, -0.1) is 11.3 Å². The van der Waals surface area contributed by atoms with Crippen LogP contribution in [0.15, 0.2) is 17.8 Å². The second kappa shape index (κ2) is 4.76. The first-order chi connectivity index (χ1) is 7.66. The van der Waals surface area contributed by atoms with E-state index < -0.39 is 0 Å². The lowest BCUT2D eigenvalue weighted by Gasteiger charge is -2.10. The predicted octanol–water partition coefficient (Wildman–Crippen LogP) is 2.04. The summed E-state index contributed by atoms with van der Waals surface area (Å²) in [5.74, 6) is 1.04. The zero-order valence-electron chi connectivity index (χ0n) is 9.77. The van der Waals surface area contributed by atoms with E-state index in [2.05, 4.69) is 27.6 Å². The second-order valence-corrected chi connectivity index (χ2v) is 4.77.